The average Bonchev–Trinajstić information content (AvgIpc) is 2.32. The molecule has 0 bridgehead atoms. The van der Waals surface area contributed by atoms with E-state index < -0.39 is 0 Å². The lowest BCUT2D eigenvalue weighted by Gasteiger charge is -2.37. The number of piperazine rings is 1. The van der Waals surface area contributed by atoms with E-state index in [1.807, 2.05) is 4.90 Å². The molecule has 1 saturated heterocycles. The standard InChI is InChI=1S/C13H16Cl2N2O/c1-9-8-17(6-5-16(9)2)13(18)11-4-3-10(14)7-12(11)15/h3-4,7,9H,5-6,8H2,1-2H3. The third kappa shape index (κ3) is 2.79. The molecule has 1 aromatic rings. The molecule has 3 nitrogen and oxygen atoms in total. The third-order valence-electron chi connectivity index (χ3n) is 3.41. The zero-order valence-corrected chi connectivity index (χ0v) is 12.0. The first kappa shape index (κ1) is 13.7. The molecule has 1 aliphatic heterocycles. The number of hydrogen-bond acceptors (Lipinski definition) is 2. The molecule has 1 heterocycles. The zero-order valence-electron chi connectivity index (χ0n) is 10.5. The SMILES string of the molecule is CC1CN(C(=O)c2ccc(Cl)cc2Cl)CCN1C. The maximum atomic E-state index is 12.4. The van der Waals surface area contributed by atoms with E-state index in [9.17, 15) is 4.79 Å². The summed E-state index contributed by atoms with van der Waals surface area (Å²) in [5.41, 5.74) is 0.526. The molecule has 1 aromatic carbocycles. The van der Waals surface area contributed by atoms with Crippen molar-refractivity contribution in [1.82, 2.24) is 9.80 Å². The number of benzene rings is 1. The Morgan fingerprint density at radius 1 is 1.33 bits per heavy atom. The molecular weight excluding hydrogens is 271 g/mol. The number of amides is 1. The Kier molecular flexibility index (Phi) is 4.15. The first-order valence-electron chi connectivity index (χ1n) is 5.93. The summed E-state index contributed by atoms with van der Waals surface area (Å²) in [7, 11) is 2.07. The van der Waals surface area contributed by atoms with E-state index in [2.05, 4.69) is 18.9 Å². The zero-order chi connectivity index (χ0) is 13.3. The number of nitrogens with zero attached hydrogens (tertiary/aromatic N) is 2. The van der Waals surface area contributed by atoms with Crippen LogP contribution in [0.5, 0.6) is 0 Å². The van der Waals surface area contributed by atoms with E-state index in [0.717, 1.165) is 19.6 Å². The highest BCUT2D eigenvalue weighted by atomic mass is 35.5. The molecule has 1 aliphatic rings. The predicted octanol–water partition coefficient (Wildman–Crippen LogP) is 2.77. The number of rotatable bonds is 1. The van der Waals surface area contributed by atoms with E-state index in [0.29, 0.717) is 21.7 Å². The molecule has 18 heavy (non-hydrogen) atoms. The first-order valence-corrected chi connectivity index (χ1v) is 6.69. The molecule has 1 amide bonds. The van der Waals surface area contributed by atoms with Gasteiger partial charge in [-0.15, -0.1) is 0 Å². The predicted molar refractivity (Wildman–Crippen MR) is 74.5 cm³/mol. The van der Waals surface area contributed by atoms with Crippen molar-refractivity contribution in [3.05, 3.63) is 33.8 Å². The summed E-state index contributed by atoms with van der Waals surface area (Å²) in [6.45, 7) is 4.47. The molecule has 0 spiro atoms. The Morgan fingerprint density at radius 2 is 2.06 bits per heavy atom. The Balaban J connectivity index is 2.16. The minimum atomic E-state index is -0.0170. The second-order valence-corrected chi connectivity index (χ2v) is 5.55. The van der Waals surface area contributed by atoms with E-state index in [-0.39, 0.29) is 5.91 Å². The molecule has 2 rings (SSSR count). The second kappa shape index (κ2) is 5.47. The Labute approximate surface area is 117 Å². The molecule has 0 N–H and O–H groups in total. The van der Waals surface area contributed by atoms with E-state index in [4.69, 9.17) is 23.2 Å². The van der Waals surface area contributed by atoms with Crippen LogP contribution in [0.15, 0.2) is 18.2 Å². The maximum Gasteiger partial charge on any atom is 0.255 e. The topological polar surface area (TPSA) is 23.6 Å². The van der Waals surface area contributed by atoms with Gasteiger partial charge in [0, 0.05) is 30.7 Å². The summed E-state index contributed by atoms with van der Waals surface area (Å²) in [6, 6.07) is 5.36. The number of carbonyl (C=O) groups excluding carboxylic acids is 1. The van der Waals surface area contributed by atoms with Gasteiger partial charge in [0.25, 0.3) is 5.91 Å². The summed E-state index contributed by atoms with van der Waals surface area (Å²) in [5.74, 6) is -0.0170. The number of hydrogen-bond donors (Lipinski definition) is 0. The van der Waals surface area contributed by atoms with Crippen LogP contribution in [0, 0.1) is 0 Å². The van der Waals surface area contributed by atoms with Crippen LogP contribution >= 0.6 is 23.2 Å². The highest BCUT2D eigenvalue weighted by Gasteiger charge is 2.26. The minimum Gasteiger partial charge on any atom is -0.336 e. The van der Waals surface area contributed by atoms with Gasteiger partial charge in [-0.25, -0.2) is 0 Å². The fourth-order valence-corrected chi connectivity index (χ4v) is 2.56. The van der Waals surface area contributed by atoms with Crippen LogP contribution in [-0.2, 0) is 0 Å². The van der Waals surface area contributed by atoms with Gasteiger partial charge in [0.15, 0.2) is 0 Å². The molecule has 1 fully saturated rings. The van der Waals surface area contributed by atoms with Gasteiger partial charge in [0.05, 0.1) is 10.6 Å². The molecule has 1 atom stereocenters. The first-order chi connectivity index (χ1) is 8.49. The lowest BCUT2D eigenvalue weighted by Crippen LogP contribution is -2.52. The monoisotopic (exact) mass is 286 g/mol. The van der Waals surface area contributed by atoms with Gasteiger partial charge in [-0.1, -0.05) is 23.2 Å². The van der Waals surface area contributed by atoms with Crippen LogP contribution in [0.2, 0.25) is 10.0 Å². The summed E-state index contributed by atoms with van der Waals surface area (Å²) in [5, 5.41) is 0.961. The van der Waals surface area contributed by atoms with Crippen molar-refractivity contribution >= 4 is 29.1 Å². The molecule has 0 aromatic heterocycles. The minimum absolute atomic E-state index is 0.0170. The van der Waals surface area contributed by atoms with Crippen molar-refractivity contribution in [3.63, 3.8) is 0 Å². The molecule has 98 valence electrons. The van der Waals surface area contributed by atoms with E-state index >= 15 is 0 Å². The van der Waals surface area contributed by atoms with Crippen LogP contribution in [0.25, 0.3) is 0 Å². The lowest BCUT2D eigenvalue weighted by atomic mass is 10.1. The number of likely N-dealkylation sites (N-methyl/N-ethyl adjacent to an activating group) is 1. The van der Waals surface area contributed by atoms with Gasteiger partial charge in [-0.3, -0.25) is 4.79 Å². The fourth-order valence-electron chi connectivity index (χ4n) is 2.07. The van der Waals surface area contributed by atoms with Crippen molar-refractivity contribution in [2.75, 3.05) is 26.7 Å². The average molecular weight is 287 g/mol. The van der Waals surface area contributed by atoms with Crippen molar-refractivity contribution in [2.24, 2.45) is 0 Å². The number of carbonyl (C=O) groups is 1. The second-order valence-electron chi connectivity index (χ2n) is 4.70. The lowest BCUT2D eigenvalue weighted by molar-refractivity contribution is 0.0572. The molecule has 5 heteroatoms. The highest BCUT2D eigenvalue weighted by molar-refractivity contribution is 6.36. The van der Waals surface area contributed by atoms with Gasteiger partial charge in [-0.2, -0.15) is 0 Å². The molecular formula is C13H16Cl2N2O. The molecule has 0 saturated carbocycles. The van der Waals surface area contributed by atoms with Gasteiger partial charge < -0.3 is 9.80 Å². The smallest absolute Gasteiger partial charge is 0.255 e. The van der Waals surface area contributed by atoms with Crippen LogP contribution in [0.1, 0.15) is 17.3 Å². The molecule has 1 unspecified atom stereocenters. The van der Waals surface area contributed by atoms with Gasteiger partial charge in [0.2, 0.25) is 0 Å². The fraction of sp³-hybridized carbons (Fsp3) is 0.462. The summed E-state index contributed by atoms with van der Waals surface area (Å²) >= 11 is 11.9. The largest absolute Gasteiger partial charge is 0.336 e. The van der Waals surface area contributed by atoms with Gasteiger partial charge in [0.1, 0.15) is 0 Å². The summed E-state index contributed by atoms with van der Waals surface area (Å²) in [4.78, 5) is 16.5. The van der Waals surface area contributed by atoms with Crippen molar-refractivity contribution < 1.29 is 4.79 Å². The summed E-state index contributed by atoms with van der Waals surface area (Å²) in [6.07, 6.45) is 0. The van der Waals surface area contributed by atoms with Gasteiger partial charge >= 0.3 is 0 Å². The number of halogens is 2. The quantitative estimate of drug-likeness (QED) is 0.793. The van der Waals surface area contributed by atoms with Crippen LogP contribution in [0.3, 0.4) is 0 Å². The Bertz CT molecular complexity index is 464. The van der Waals surface area contributed by atoms with E-state index in [1.54, 1.807) is 18.2 Å². The highest BCUT2D eigenvalue weighted by Crippen LogP contribution is 2.23. The van der Waals surface area contributed by atoms with Crippen LogP contribution in [0.4, 0.5) is 0 Å². The van der Waals surface area contributed by atoms with E-state index in [1.165, 1.54) is 0 Å². The van der Waals surface area contributed by atoms with Crippen molar-refractivity contribution in [2.45, 2.75) is 13.0 Å². The van der Waals surface area contributed by atoms with Crippen LogP contribution < -0.4 is 0 Å². The Hall–Kier alpha value is -0.770. The maximum absolute atomic E-state index is 12.4. The van der Waals surface area contributed by atoms with Crippen molar-refractivity contribution in [1.29, 1.82) is 0 Å². The van der Waals surface area contributed by atoms with Gasteiger partial charge in [-0.05, 0) is 32.2 Å². The molecule has 0 radical (unpaired) electrons. The van der Waals surface area contributed by atoms with Crippen molar-refractivity contribution in [3.8, 4) is 0 Å². The third-order valence-corrected chi connectivity index (χ3v) is 3.96. The normalized spacial score (nSPS) is 21.1. The molecule has 0 aliphatic carbocycles. The Morgan fingerprint density at radius 3 is 2.67 bits per heavy atom. The van der Waals surface area contributed by atoms with Crippen LogP contribution in [-0.4, -0.2) is 48.4 Å². The summed E-state index contributed by atoms with van der Waals surface area (Å²) < 4.78 is 0.